The summed E-state index contributed by atoms with van der Waals surface area (Å²) in [5.41, 5.74) is 0. The Morgan fingerprint density at radius 3 is 2.94 bits per heavy atom. The van der Waals surface area contributed by atoms with E-state index in [4.69, 9.17) is 19.1 Å². The van der Waals surface area contributed by atoms with Gasteiger partial charge in [-0.05, 0) is 6.42 Å². The number of nitrogens with zero attached hydrogens (tertiary/aromatic N) is 2. The lowest BCUT2D eigenvalue weighted by molar-refractivity contribution is -0.142. The summed E-state index contributed by atoms with van der Waals surface area (Å²) in [5, 5.41) is 12.1. The molecule has 1 atom stereocenters. The van der Waals surface area contributed by atoms with E-state index in [-0.39, 0.29) is 25.2 Å². The Labute approximate surface area is 98.7 Å². The average Bonchev–Trinajstić information content (AvgIpc) is 2.74. The summed E-state index contributed by atoms with van der Waals surface area (Å²) in [6.07, 6.45) is 1.54. The molecule has 0 bridgehead atoms. The summed E-state index contributed by atoms with van der Waals surface area (Å²) < 4.78 is 15.0. The molecule has 17 heavy (non-hydrogen) atoms. The van der Waals surface area contributed by atoms with Crippen LogP contribution in [0.2, 0.25) is 0 Å². The van der Waals surface area contributed by atoms with Crippen molar-refractivity contribution in [2.75, 3.05) is 13.7 Å². The van der Waals surface area contributed by atoms with Gasteiger partial charge in [0.25, 0.3) is 5.89 Å². The number of carboxylic acids is 1. The minimum Gasteiger partial charge on any atom is -0.480 e. The second-order valence-electron chi connectivity index (χ2n) is 3.45. The van der Waals surface area contributed by atoms with Crippen molar-refractivity contribution in [2.45, 2.75) is 32.5 Å². The van der Waals surface area contributed by atoms with Crippen molar-refractivity contribution >= 4 is 5.97 Å². The molecule has 7 nitrogen and oxygen atoms in total. The van der Waals surface area contributed by atoms with Crippen LogP contribution in [-0.2, 0) is 20.9 Å². The van der Waals surface area contributed by atoms with Gasteiger partial charge in [-0.15, -0.1) is 0 Å². The van der Waals surface area contributed by atoms with Gasteiger partial charge in [0.2, 0.25) is 5.82 Å². The fraction of sp³-hybridized carbons (Fsp3) is 0.700. The van der Waals surface area contributed by atoms with Gasteiger partial charge in [0.1, 0.15) is 19.3 Å². The highest BCUT2D eigenvalue weighted by Crippen LogP contribution is 2.18. The van der Waals surface area contributed by atoms with Crippen LogP contribution in [0.15, 0.2) is 4.52 Å². The molecule has 0 aliphatic carbocycles. The lowest BCUT2D eigenvalue weighted by atomic mass is 10.2. The average molecular weight is 244 g/mol. The van der Waals surface area contributed by atoms with Gasteiger partial charge >= 0.3 is 5.97 Å². The van der Waals surface area contributed by atoms with Gasteiger partial charge in [0.05, 0.1) is 0 Å². The quantitative estimate of drug-likeness (QED) is 0.733. The lowest BCUT2D eigenvalue weighted by Crippen LogP contribution is -2.07. The predicted molar refractivity (Wildman–Crippen MR) is 56.2 cm³/mol. The molecule has 0 aliphatic rings. The molecular formula is C10H16N2O5. The van der Waals surface area contributed by atoms with Crippen LogP contribution in [0.1, 0.15) is 37.6 Å². The Balaban J connectivity index is 2.48. The van der Waals surface area contributed by atoms with Crippen LogP contribution in [0.4, 0.5) is 0 Å². The van der Waals surface area contributed by atoms with Crippen molar-refractivity contribution in [3.05, 3.63) is 11.7 Å². The maximum Gasteiger partial charge on any atom is 0.329 e. The first-order valence-electron chi connectivity index (χ1n) is 5.32. The summed E-state index contributed by atoms with van der Waals surface area (Å²) in [5.74, 6) is -0.326. The van der Waals surface area contributed by atoms with Gasteiger partial charge in [-0.3, -0.25) is 0 Å². The fourth-order valence-electron chi connectivity index (χ4n) is 1.30. The Morgan fingerprint density at radius 1 is 1.59 bits per heavy atom. The number of ether oxygens (including phenoxy) is 2. The van der Waals surface area contributed by atoms with Gasteiger partial charge in [-0.1, -0.05) is 18.5 Å². The van der Waals surface area contributed by atoms with Gasteiger partial charge in [0, 0.05) is 7.11 Å². The Kier molecular flexibility index (Phi) is 5.58. The molecule has 0 aromatic carbocycles. The first-order valence-corrected chi connectivity index (χ1v) is 5.32. The molecule has 0 amide bonds. The van der Waals surface area contributed by atoms with Gasteiger partial charge < -0.3 is 19.1 Å². The zero-order chi connectivity index (χ0) is 12.7. The van der Waals surface area contributed by atoms with E-state index in [2.05, 4.69) is 10.1 Å². The van der Waals surface area contributed by atoms with Crippen LogP contribution < -0.4 is 0 Å². The summed E-state index contributed by atoms with van der Waals surface area (Å²) in [4.78, 5) is 14.3. The summed E-state index contributed by atoms with van der Waals surface area (Å²) in [6, 6.07) is 0. The third-order valence-corrected chi connectivity index (χ3v) is 2.06. The van der Waals surface area contributed by atoms with Crippen LogP contribution >= 0.6 is 0 Å². The summed E-state index contributed by atoms with van der Waals surface area (Å²) in [6.45, 7) is 1.63. The normalized spacial score (nSPS) is 12.6. The monoisotopic (exact) mass is 244 g/mol. The first-order chi connectivity index (χ1) is 8.17. The SMILES string of the molecule is CCCC(OC)c1noc(COCC(=O)O)n1. The molecule has 96 valence electrons. The number of carboxylic acid groups (broad SMARTS) is 1. The van der Waals surface area contributed by atoms with Crippen molar-refractivity contribution in [1.82, 2.24) is 10.1 Å². The maximum absolute atomic E-state index is 10.2. The second kappa shape index (κ2) is 6.97. The number of aliphatic carboxylic acids is 1. The van der Waals surface area contributed by atoms with E-state index in [1.165, 1.54) is 0 Å². The van der Waals surface area contributed by atoms with Crippen molar-refractivity contribution < 1.29 is 23.9 Å². The van der Waals surface area contributed by atoms with Crippen molar-refractivity contribution in [3.8, 4) is 0 Å². The van der Waals surface area contributed by atoms with E-state index in [9.17, 15) is 4.79 Å². The van der Waals surface area contributed by atoms with Crippen LogP contribution in [0, 0.1) is 0 Å². The molecule has 1 rings (SSSR count). The van der Waals surface area contributed by atoms with Gasteiger partial charge in [-0.25, -0.2) is 4.79 Å². The first kappa shape index (κ1) is 13.6. The molecular weight excluding hydrogens is 228 g/mol. The zero-order valence-electron chi connectivity index (χ0n) is 9.88. The third kappa shape index (κ3) is 4.49. The number of rotatable bonds is 8. The Hall–Kier alpha value is -1.47. The fourth-order valence-corrected chi connectivity index (χ4v) is 1.30. The molecule has 0 radical (unpaired) electrons. The molecule has 1 unspecified atom stereocenters. The lowest BCUT2D eigenvalue weighted by Gasteiger charge is -2.08. The van der Waals surface area contributed by atoms with E-state index in [1.807, 2.05) is 6.92 Å². The zero-order valence-corrected chi connectivity index (χ0v) is 9.88. The second-order valence-corrected chi connectivity index (χ2v) is 3.45. The van der Waals surface area contributed by atoms with E-state index < -0.39 is 5.97 Å². The van der Waals surface area contributed by atoms with Crippen LogP contribution in [-0.4, -0.2) is 34.9 Å². The van der Waals surface area contributed by atoms with Crippen molar-refractivity contribution in [3.63, 3.8) is 0 Å². The Morgan fingerprint density at radius 2 is 2.35 bits per heavy atom. The minimum absolute atomic E-state index is 0.0120. The van der Waals surface area contributed by atoms with Crippen molar-refractivity contribution in [2.24, 2.45) is 0 Å². The number of methoxy groups -OCH3 is 1. The molecule has 0 spiro atoms. The third-order valence-electron chi connectivity index (χ3n) is 2.06. The molecule has 1 aromatic heterocycles. The molecule has 0 saturated heterocycles. The molecule has 1 aromatic rings. The maximum atomic E-state index is 10.2. The van der Waals surface area contributed by atoms with Crippen LogP contribution in [0.3, 0.4) is 0 Å². The highest BCUT2D eigenvalue weighted by atomic mass is 16.5. The minimum atomic E-state index is -1.04. The summed E-state index contributed by atoms with van der Waals surface area (Å²) in [7, 11) is 1.58. The highest BCUT2D eigenvalue weighted by Gasteiger charge is 2.17. The topological polar surface area (TPSA) is 94.7 Å². The predicted octanol–water partition coefficient (Wildman–Crippen LogP) is 1.16. The molecule has 1 N–H and O–H groups in total. The van der Waals surface area contributed by atoms with Crippen LogP contribution in [0.25, 0.3) is 0 Å². The van der Waals surface area contributed by atoms with Crippen molar-refractivity contribution in [1.29, 1.82) is 0 Å². The number of aromatic nitrogens is 2. The molecule has 0 fully saturated rings. The standard InChI is InChI=1S/C10H16N2O5/c1-3-4-7(15-2)10-11-8(17-12-10)5-16-6-9(13)14/h7H,3-6H2,1-2H3,(H,13,14). The highest BCUT2D eigenvalue weighted by molar-refractivity contribution is 5.67. The molecule has 1 heterocycles. The summed E-state index contributed by atoms with van der Waals surface area (Å²) >= 11 is 0. The van der Waals surface area contributed by atoms with E-state index in [0.29, 0.717) is 5.82 Å². The smallest absolute Gasteiger partial charge is 0.329 e. The van der Waals surface area contributed by atoms with E-state index >= 15 is 0 Å². The largest absolute Gasteiger partial charge is 0.480 e. The Bertz CT molecular complexity index is 352. The van der Waals surface area contributed by atoms with E-state index in [1.54, 1.807) is 7.11 Å². The molecule has 7 heteroatoms. The van der Waals surface area contributed by atoms with E-state index in [0.717, 1.165) is 12.8 Å². The number of hydrogen-bond donors (Lipinski definition) is 1. The molecule has 0 saturated carbocycles. The number of hydrogen-bond acceptors (Lipinski definition) is 6. The van der Waals surface area contributed by atoms with Gasteiger partial charge in [0.15, 0.2) is 0 Å². The van der Waals surface area contributed by atoms with Crippen LogP contribution in [0.5, 0.6) is 0 Å². The molecule has 0 aliphatic heterocycles. The number of carbonyl (C=O) groups is 1. The van der Waals surface area contributed by atoms with Gasteiger partial charge in [-0.2, -0.15) is 4.98 Å².